The first-order valence-electron chi connectivity index (χ1n) is 13.7. The zero-order chi connectivity index (χ0) is 28.6. The molecular weight excluding hydrogens is 536 g/mol. The van der Waals surface area contributed by atoms with E-state index in [1.54, 1.807) is 31.4 Å². The van der Waals surface area contributed by atoms with E-state index < -0.39 is 11.8 Å². The molecule has 4 N–H and O–H groups in total. The smallest absolute Gasteiger partial charge is 0.292 e. The summed E-state index contributed by atoms with van der Waals surface area (Å²) in [4.78, 5) is 26.5. The van der Waals surface area contributed by atoms with E-state index in [9.17, 15) is 9.90 Å². The fourth-order valence-corrected chi connectivity index (χ4v) is 5.75. The first-order valence-corrected chi connectivity index (χ1v) is 13.7. The Kier molecular flexibility index (Phi) is 8.13. The number of carbonyl (C=O) groups is 1. The number of para-hydroxylation sites is 1. The van der Waals surface area contributed by atoms with Crippen molar-refractivity contribution in [3.05, 3.63) is 88.8 Å². The van der Waals surface area contributed by atoms with Crippen LogP contribution in [0.5, 0.6) is 11.5 Å². The van der Waals surface area contributed by atoms with Crippen LogP contribution in [-0.4, -0.2) is 52.2 Å². The predicted octanol–water partition coefficient (Wildman–Crippen LogP) is 4.39. The normalized spacial score (nSPS) is 18.5. The van der Waals surface area contributed by atoms with Gasteiger partial charge in [0.1, 0.15) is 11.5 Å². The van der Waals surface area contributed by atoms with Crippen LogP contribution in [0.1, 0.15) is 53.1 Å². The van der Waals surface area contributed by atoms with Gasteiger partial charge in [-0.2, -0.15) is 0 Å². The van der Waals surface area contributed by atoms with E-state index in [2.05, 4.69) is 20.8 Å². The lowest BCUT2D eigenvalue weighted by Gasteiger charge is -2.32. The first kappa shape index (κ1) is 29.0. The summed E-state index contributed by atoms with van der Waals surface area (Å²) in [6.45, 7) is 12.5. The molecule has 2 aliphatic heterocycles. The number of pyridine rings is 1. The number of aromatic carboxylic acids is 1. The summed E-state index contributed by atoms with van der Waals surface area (Å²) in [5, 5.41) is 11.4. The van der Waals surface area contributed by atoms with Crippen LogP contribution in [0.3, 0.4) is 0 Å². The number of methoxy groups -OCH3 is 1. The molecule has 11 heteroatoms. The Hall–Kier alpha value is -4.50. The highest BCUT2D eigenvalue weighted by molar-refractivity contribution is 5.91. The molecule has 4 heterocycles. The number of nitrogens with zero attached hydrogens (tertiary/aromatic N) is 5. The monoisotopic (exact) mass is 570 g/mol. The molecule has 218 valence electrons. The summed E-state index contributed by atoms with van der Waals surface area (Å²) in [6, 6.07) is 14.4. The number of likely N-dealkylation sites (tertiary alicyclic amines) is 1. The Bertz CT molecular complexity index is 1640. The molecule has 1 saturated heterocycles. The molecule has 0 bridgehead atoms. The van der Waals surface area contributed by atoms with Gasteiger partial charge in [-0.1, -0.05) is 24.3 Å². The molecule has 1 fully saturated rings. The number of carboxylic acid groups (broad SMARTS) is 1. The van der Waals surface area contributed by atoms with E-state index in [-0.39, 0.29) is 11.7 Å². The van der Waals surface area contributed by atoms with Crippen LogP contribution >= 0.6 is 0 Å². The van der Waals surface area contributed by atoms with Crippen molar-refractivity contribution in [1.82, 2.24) is 25.6 Å². The highest BCUT2D eigenvalue weighted by Crippen LogP contribution is 2.49. The van der Waals surface area contributed by atoms with Crippen molar-refractivity contribution in [2.45, 2.75) is 44.6 Å². The van der Waals surface area contributed by atoms with E-state index >= 15 is 0 Å². The van der Waals surface area contributed by atoms with Gasteiger partial charge in [0, 0.05) is 32.3 Å². The second-order valence-corrected chi connectivity index (χ2v) is 10.6. The number of hydrogen-bond acceptors (Lipinski definition) is 8. The lowest BCUT2D eigenvalue weighted by Crippen LogP contribution is -2.34. The Balaban J connectivity index is 0.00000353. The predicted molar refractivity (Wildman–Crippen MR) is 155 cm³/mol. The van der Waals surface area contributed by atoms with Crippen LogP contribution in [0.2, 0.25) is 0 Å². The van der Waals surface area contributed by atoms with Crippen molar-refractivity contribution in [2.24, 2.45) is 0 Å². The molecule has 2 aromatic heterocycles. The standard InChI is InChI=1S/C31H31N5O5.H3N/c1-31(27-10-8-22(32-2)18-33-27)40-26-6-4-5-23(29(26)41-31)20-11-13-35(14-12-20)19-28-34-24-9-7-21(30(37)38)17-25(24)36(28)15-16-39-3;/h4-10,17-18,20H,11-16,19H2,1,3H3,(H,37,38);1H3. The first-order chi connectivity index (χ1) is 19.9. The molecule has 6 rings (SSSR count). The van der Waals surface area contributed by atoms with Crippen LogP contribution in [-0.2, 0) is 23.6 Å². The summed E-state index contributed by atoms with van der Waals surface area (Å²) >= 11 is 0. The fraction of sp³-hybridized carbons (Fsp3) is 0.355. The molecule has 2 aliphatic rings. The molecule has 0 aliphatic carbocycles. The van der Waals surface area contributed by atoms with Gasteiger partial charge in [0.15, 0.2) is 11.5 Å². The molecule has 11 nitrogen and oxygen atoms in total. The summed E-state index contributed by atoms with van der Waals surface area (Å²) in [6.07, 6.45) is 3.43. The molecule has 0 spiro atoms. The highest BCUT2D eigenvalue weighted by atomic mass is 16.7. The number of carbonyl (C=O) groups excluding carboxylic acids is 1. The third-order valence-electron chi connectivity index (χ3n) is 7.93. The Morgan fingerprint density at radius 3 is 2.69 bits per heavy atom. The van der Waals surface area contributed by atoms with E-state index in [4.69, 9.17) is 25.8 Å². The second kappa shape index (κ2) is 11.8. The number of piperidine rings is 1. The number of benzene rings is 2. The van der Waals surface area contributed by atoms with Gasteiger partial charge in [-0.15, -0.1) is 0 Å². The molecular formula is C31H34N6O5. The minimum Gasteiger partial charge on any atom is -0.545 e. The lowest BCUT2D eigenvalue weighted by atomic mass is 9.88. The Morgan fingerprint density at radius 2 is 2.00 bits per heavy atom. The topological polar surface area (TPSA) is 143 Å². The van der Waals surface area contributed by atoms with Gasteiger partial charge in [-0.3, -0.25) is 9.88 Å². The van der Waals surface area contributed by atoms with E-state index in [0.29, 0.717) is 42.7 Å². The fourth-order valence-electron chi connectivity index (χ4n) is 5.75. The Morgan fingerprint density at radius 1 is 1.19 bits per heavy atom. The van der Waals surface area contributed by atoms with Crippen molar-refractivity contribution in [3.8, 4) is 11.5 Å². The maximum atomic E-state index is 11.4. The molecule has 0 amide bonds. The molecule has 2 aromatic carbocycles. The Labute approximate surface area is 244 Å². The SMILES string of the molecule is [C-]#[N+]c1ccc(C2(C)Oc3cccc(C4CCN(Cc5nc6ccc(C(=O)[O-])cc6n5CCOC)CC4)c3O2)nc1.[NH4+]. The zero-order valence-corrected chi connectivity index (χ0v) is 24.0. The summed E-state index contributed by atoms with van der Waals surface area (Å²) in [5.41, 5.74) is 3.88. The molecule has 1 atom stereocenters. The van der Waals surface area contributed by atoms with Gasteiger partial charge in [-0.25, -0.2) is 9.83 Å². The number of aromatic nitrogens is 3. The molecule has 1 unspecified atom stereocenters. The number of carboxylic acids is 1. The summed E-state index contributed by atoms with van der Waals surface area (Å²) in [5.74, 6) is 0.392. The van der Waals surface area contributed by atoms with Crippen LogP contribution in [0.4, 0.5) is 5.69 Å². The summed E-state index contributed by atoms with van der Waals surface area (Å²) in [7, 11) is 1.65. The highest BCUT2D eigenvalue weighted by Gasteiger charge is 2.42. The number of rotatable bonds is 8. The average molecular weight is 571 g/mol. The number of fused-ring (bicyclic) bond motifs is 2. The number of hydrogen-bond donors (Lipinski definition) is 1. The van der Waals surface area contributed by atoms with Crippen molar-refractivity contribution in [3.63, 3.8) is 0 Å². The van der Waals surface area contributed by atoms with E-state index in [0.717, 1.165) is 54.1 Å². The zero-order valence-electron chi connectivity index (χ0n) is 24.0. The van der Waals surface area contributed by atoms with Crippen LogP contribution in [0.25, 0.3) is 15.9 Å². The van der Waals surface area contributed by atoms with Crippen molar-refractivity contribution >= 4 is 22.7 Å². The maximum absolute atomic E-state index is 11.4. The van der Waals surface area contributed by atoms with Crippen molar-refractivity contribution in [1.29, 1.82) is 0 Å². The van der Waals surface area contributed by atoms with Gasteiger partial charge in [0.05, 0.1) is 36.7 Å². The number of ether oxygens (including phenoxy) is 3. The summed E-state index contributed by atoms with van der Waals surface area (Å²) < 4.78 is 20.0. The number of quaternary nitrogens is 1. The molecule has 42 heavy (non-hydrogen) atoms. The van der Waals surface area contributed by atoms with Gasteiger partial charge in [-0.05, 0) is 61.7 Å². The molecule has 0 saturated carbocycles. The van der Waals surface area contributed by atoms with Crippen LogP contribution in [0, 0.1) is 6.57 Å². The van der Waals surface area contributed by atoms with Gasteiger partial charge in [0.2, 0.25) is 5.69 Å². The average Bonchev–Trinajstić information content (AvgIpc) is 3.52. The third kappa shape index (κ3) is 5.39. The maximum Gasteiger partial charge on any atom is 0.292 e. The lowest BCUT2D eigenvalue weighted by molar-refractivity contribution is -0.255. The number of imidazole rings is 1. The van der Waals surface area contributed by atoms with Crippen LogP contribution < -0.4 is 20.7 Å². The largest absolute Gasteiger partial charge is 0.545 e. The van der Waals surface area contributed by atoms with E-state index in [1.165, 1.54) is 12.3 Å². The molecule has 4 aromatic rings. The van der Waals surface area contributed by atoms with Crippen molar-refractivity contribution < 1.29 is 24.1 Å². The third-order valence-corrected chi connectivity index (χ3v) is 7.93. The van der Waals surface area contributed by atoms with Gasteiger partial charge < -0.3 is 34.8 Å². The minimum atomic E-state index is -1.20. The van der Waals surface area contributed by atoms with Crippen molar-refractivity contribution in [2.75, 3.05) is 26.8 Å². The quantitative estimate of drug-likeness (QED) is 0.307. The van der Waals surface area contributed by atoms with E-state index in [1.807, 2.05) is 23.6 Å². The minimum absolute atomic E-state index is 0. The van der Waals surface area contributed by atoms with Gasteiger partial charge in [0.25, 0.3) is 5.79 Å². The van der Waals surface area contributed by atoms with Gasteiger partial charge >= 0.3 is 0 Å². The second-order valence-electron chi connectivity index (χ2n) is 10.6. The molecule has 0 radical (unpaired) electrons. The van der Waals surface area contributed by atoms with Crippen LogP contribution in [0.15, 0.2) is 54.7 Å².